The highest BCUT2D eigenvalue weighted by atomic mass is 31.2. The van der Waals surface area contributed by atoms with Gasteiger partial charge in [0, 0.05) is 6.54 Å². The predicted octanol–water partition coefficient (Wildman–Crippen LogP) is 2.93. The van der Waals surface area contributed by atoms with Crippen LogP contribution in [-0.2, 0) is 20.3 Å². The molecule has 6 nitrogen and oxygen atoms in total. The number of methoxy groups -OCH3 is 1. The Morgan fingerprint density at radius 3 is 2.54 bits per heavy atom. The van der Waals surface area contributed by atoms with E-state index < -0.39 is 19.5 Å². The van der Waals surface area contributed by atoms with Gasteiger partial charge in [0.15, 0.2) is 0 Å². The first-order valence-corrected chi connectivity index (χ1v) is 10.1. The molecule has 7 heteroatoms. The number of hydrogen-bond acceptors (Lipinski definition) is 4. The third-order valence-electron chi connectivity index (χ3n) is 4.45. The Kier molecular flexibility index (Phi) is 5.77. The fourth-order valence-electron chi connectivity index (χ4n) is 3.11. The fraction of sp³-hybridized carbons (Fsp3) is 0.316. The van der Waals surface area contributed by atoms with Crippen molar-refractivity contribution in [1.82, 2.24) is 4.67 Å². The van der Waals surface area contributed by atoms with Gasteiger partial charge in [0.05, 0.1) is 19.0 Å². The molecule has 0 amide bonds. The van der Waals surface area contributed by atoms with E-state index in [1.54, 1.807) is 31.4 Å². The van der Waals surface area contributed by atoms with Crippen molar-refractivity contribution in [2.24, 2.45) is 0 Å². The molecule has 2 aromatic carbocycles. The summed E-state index contributed by atoms with van der Waals surface area (Å²) >= 11 is 0. The molecule has 1 N–H and O–H groups in total. The second kappa shape index (κ2) is 8.04. The van der Waals surface area contributed by atoms with Crippen LogP contribution in [0, 0.1) is 0 Å². The van der Waals surface area contributed by atoms with Gasteiger partial charge >= 0.3 is 13.5 Å². The number of carbonyl (C=O) groups is 1. The molecule has 0 aliphatic carbocycles. The summed E-state index contributed by atoms with van der Waals surface area (Å²) in [7, 11) is -1.90. The Bertz CT molecular complexity index is 793. The first kappa shape index (κ1) is 18.6. The smallest absolute Gasteiger partial charge is 0.321 e. The second-order valence-electron chi connectivity index (χ2n) is 6.11. The van der Waals surface area contributed by atoms with E-state index in [0.717, 1.165) is 5.56 Å². The molecule has 0 bridgehead atoms. The third-order valence-corrected chi connectivity index (χ3v) is 7.09. The number of rotatable bonds is 6. The third kappa shape index (κ3) is 3.83. The average Bonchev–Trinajstić information content (AvgIpc) is 2.67. The average molecular weight is 375 g/mol. The molecule has 1 saturated heterocycles. The van der Waals surface area contributed by atoms with Gasteiger partial charge in [-0.3, -0.25) is 9.36 Å². The Morgan fingerprint density at radius 2 is 1.92 bits per heavy atom. The molecule has 1 aliphatic rings. The van der Waals surface area contributed by atoms with Gasteiger partial charge in [0.25, 0.3) is 0 Å². The molecule has 0 saturated carbocycles. The Balaban J connectivity index is 1.94. The maximum absolute atomic E-state index is 13.7. The highest BCUT2D eigenvalue weighted by Crippen LogP contribution is 2.53. The zero-order valence-corrected chi connectivity index (χ0v) is 15.5. The first-order chi connectivity index (χ1) is 12.5. The highest BCUT2D eigenvalue weighted by molar-refractivity contribution is 7.64. The zero-order valence-electron chi connectivity index (χ0n) is 14.6. The number of carboxylic acid groups (broad SMARTS) is 1. The molecular weight excluding hydrogens is 353 g/mol. The lowest BCUT2D eigenvalue weighted by molar-refractivity contribution is -0.141. The summed E-state index contributed by atoms with van der Waals surface area (Å²) in [6.45, 7) is 0.755. The van der Waals surface area contributed by atoms with Crippen molar-refractivity contribution in [1.29, 1.82) is 0 Å². The largest absolute Gasteiger partial charge is 0.497 e. The van der Waals surface area contributed by atoms with Crippen molar-refractivity contribution in [3.8, 4) is 5.75 Å². The maximum atomic E-state index is 13.7. The topological polar surface area (TPSA) is 76.1 Å². The molecule has 26 heavy (non-hydrogen) atoms. The van der Waals surface area contributed by atoms with Gasteiger partial charge < -0.3 is 14.4 Å². The van der Waals surface area contributed by atoms with Crippen molar-refractivity contribution in [2.75, 3.05) is 20.3 Å². The predicted molar refractivity (Wildman–Crippen MR) is 99.1 cm³/mol. The molecular formula is C19H22NO5P. The lowest BCUT2D eigenvalue weighted by Gasteiger charge is -2.38. The lowest BCUT2D eigenvalue weighted by Crippen LogP contribution is -2.45. The molecule has 1 heterocycles. The summed E-state index contributed by atoms with van der Waals surface area (Å²) in [6.07, 6.45) is 0.901. The second-order valence-corrected chi connectivity index (χ2v) is 8.44. The molecule has 0 spiro atoms. The van der Waals surface area contributed by atoms with Gasteiger partial charge in [-0.25, -0.2) is 4.67 Å². The van der Waals surface area contributed by atoms with Crippen molar-refractivity contribution in [3.63, 3.8) is 0 Å². The van der Waals surface area contributed by atoms with Crippen LogP contribution in [-0.4, -0.2) is 42.0 Å². The van der Waals surface area contributed by atoms with E-state index in [-0.39, 0.29) is 6.42 Å². The molecule has 1 unspecified atom stereocenters. The molecule has 2 aromatic rings. The van der Waals surface area contributed by atoms with Crippen molar-refractivity contribution < 1.29 is 23.7 Å². The van der Waals surface area contributed by atoms with Crippen molar-refractivity contribution in [2.45, 2.75) is 18.9 Å². The number of ether oxygens (including phenoxy) is 1. The molecule has 138 valence electrons. The minimum Gasteiger partial charge on any atom is -0.497 e. The standard InChI is InChI=1S/C19H22NO5P/c1-24-16-8-10-17(11-9-16)26(23)20(12-5-13-25-26)18(19(21)22)14-15-6-3-2-4-7-15/h2-4,6-11,18H,5,12-14H2,1H3,(H,21,22)/t18-,26?/m1/s1. The Hall–Kier alpha value is -2.14. The van der Waals surface area contributed by atoms with Gasteiger partial charge in [-0.1, -0.05) is 30.3 Å². The van der Waals surface area contributed by atoms with E-state index in [1.165, 1.54) is 4.67 Å². The molecule has 1 aliphatic heterocycles. The van der Waals surface area contributed by atoms with Gasteiger partial charge in [-0.05, 0) is 42.7 Å². The van der Waals surface area contributed by atoms with Gasteiger partial charge in [0.1, 0.15) is 11.8 Å². The fourth-order valence-corrected chi connectivity index (χ4v) is 5.56. The number of benzene rings is 2. The Labute approximate surface area is 152 Å². The minimum atomic E-state index is -3.46. The molecule has 0 aromatic heterocycles. The highest BCUT2D eigenvalue weighted by Gasteiger charge is 2.43. The summed E-state index contributed by atoms with van der Waals surface area (Å²) in [5.74, 6) is -0.365. The van der Waals surface area contributed by atoms with E-state index in [4.69, 9.17) is 9.26 Å². The van der Waals surface area contributed by atoms with Crippen LogP contribution in [0.4, 0.5) is 0 Å². The normalized spacial score (nSPS) is 21.9. The molecule has 2 atom stereocenters. The quantitative estimate of drug-likeness (QED) is 0.783. The monoisotopic (exact) mass is 375 g/mol. The van der Waals surface area contributed by atoms with E-state index in [9.17, 15) is 14.5 Å². The van der Waals surface area contributed by atoms with Crippen molar-refractivity contribution in [3.05, 3.63) is 60.2 Å². The van der Waals surface area contributed by atoms with Gasteiger partial charge in [0.2, 0.25) is 0 Å². The van der Waals surface area contributed by atoms with E-state index in [1.807, 2.05) is 30.3 Å². The number of hydrogen-bond donors (Lipinski definition) is 1. The SMILES string of the molecule is COc1ccc(P2(=O)OCCCN2[C@H](Cc2ccccc2)C(=O)O)cc1. The van der Waals surface area contributed by atoms with Crippen LogP contribution < -0.4 is 10.0 Å². The number of nitrogens with zero attached hydrogens (tertiary/aromatic N) is 1. The first-order valence-electron chi connectivity index (χ1n) is 8.47. The van der Waals surface area contributed by atoms with Gasteiger partial charge in [-0.2, -0.15) is 0 Å². The van der Waals surface area contributed by atoms with Crippen LogP contribution in [0.1, 0.15) is 12.0 Å². The summed E-state index contributed by atoms with van der Waals surface area (Å²) in [5, 5.41) is 10.3. The molecule has 0 radical (unpaired) electrons. The van der Waals surface area contributed by atoms with Crippen LogP contribution in [0.15, 0.2) is 54.6 Å². The number of aliphatic carboxylic acids is 1. The molecule has 1 fully saturated rings. The van der Waals surface area contributed by atoms with Crippen LogP contribution >= 0.6 is 7.52 Å². The van der Waals surface area contributed by atoms with E-state index in [2.05, 4.69) is 0 Å². The summed E-state index contributed by atoms with van der Waals surface area (Å²) in [6, 6.07) is 15.2. The van der Waals surface area contributed by atoms with E-state index in [0.29, 0.717) is 30.6 Å². The van der Waals surface area contributed by atoms with Crippen LogP contribution in [0.25, 0.3) is 0 Å². The summed E-state index contributed by atoms with van der Waals surface area (Å²) in [4.78, 5) is 12.0. The number of carboxylic acids is 1. The minimum absolute atomic E-state index is 0.264. The van der Waals surface area contributed by atoms with Crippen LogP contribution in [0.2, 0.25) is 0 Å². The van der Waals surface area contributed by atoms with Gasteiger partial charge in [-0.15, -0.1) is 0 Å². The Morgan fingerprint density at radius 1 is 1.23 bits per heavy atom. The lowest BCUT2D eigenvalue weighted by atomic mass is 10.1. The van der Waals surface area contributed by atoms with Crippen LogP contribution in [0.3, 0.4) is 0 Å². The van der Waals surface area contributed by atoms with E-state index >= 15 is 0 Å². The summed E-state index contributed by atoms with van der Waals surface area (Å²) < 4.78 is 26.0. The van der Waals surface area contributed by atoms with Crippen LogP contribution in [0.5, 0.6) is 5.75 Å². The maximum Gasteiger partial charge on any atom is 0.321 e. The zero-order chi connectivity index (χ0) is 18.6. The van der Waals surface area contributed by atoms with Crippen molar-refractivity contribution >= 4 is 18.8 Å². The molecule has 3 rings (SSSR count). The summed E-state index contributed by atoms with van der Waals surface area (Å²) in [5.41, 5.74) is 0.881.